The van der Waals surface area contributed by atoms with Gasteiger partial charge in [0.2, 0.25) is 0 Å². The monoisotopic (exact) mass is 502 g/mol. The third-order valence-electron chi connectivity index (χ3n) is 5.84. The van der Waals surface area contributed by atoms with Gasteiger partial charge in [-0.15, -0.1) is 5.10 Å². The molecule has 0 saturated carbocycles. The Hall–Kier alpha value is -2.49. The molecule has 0 radical (unpaired) electrons. The number of hydrogen-bond donors (Lipinski definition) is 0. The van der Waals surface area contributed by atoms with Crippen LogP contribution in [0.25, 0.3) is 0 Å². The number of hydrogen-bond acceptors (Lipinski definition) is 6. The fourth-order valence-corrected chi connectivity index (χ4v) is 6.45. The summed E-state index contributed by atoms with van der Waals surface area (Å²) in [7, 11) is -1.36. The third kappa shape index (κ3) is 5.11. The highest BCUT2D eigenvalue weighted by atomic mass is 35.5. The lowest BCUT2D eigenvalue weighted by atomic mass is 10.0. The zero-order valence-corrected chi connectivity index (χ0v) is 21.6. The van der Waals surface area contributed by atoms with Gasteiger partial charge in [0.1, 0.15) is 21.7 Å². The minimum Gasteiger partial charge on any atom is -0.497 e. The van der Waals surface area contributed by atoms with Gasteiger partial charge in [-0.25, -0.2) is 17.6 Å². The number of methoxy groups -OCH3 is 1. The van der Waals surface area contributed by atoms with Crippen LogP contribution in [-0.2, 0) is 15.5 Å². The largest absolute Gasteiger partial charge is 0.497 e. The molecule has 182 valence electrons. The summed E-state index contributed by atoms with van der Waals surface area (Å²) in [6, 6.07) is 14.1. The van der Waals surface area contributed by atoms with Crippen LogP contribution in [0.3, 0.4) is 0 Å². The predicted molar refractivity (Wildman–Crippen MR) is 133 cm³/mol. The Morgan fingerprint density at radius 3 is 2.26 bits per heavy atom. The Morgan fingerprint density at radius 1 is 1.03 bits per heavy atom. The number of halogens is 1. The Morgan fingerprint density at radius 2 is 1.68 bits per heavy atom. The maximum Gasteiger partial charge on any atom is 0.181 e. The summed E-state index contributed by atoms with van der Waals surface area (Å²) in [6.45, 7) is 7.50. The molecule has 2 heterocycles. The summed E-state index contributed by atoms with van der Waals surface area (Å²) >= 11 is 6.17. The minimum absolute atomic E-state index is 0.384. The molecule has 2 unspecified atom stereocenters. The molecule has 1 aliphatic rings. The third-order valence-corrected chi connectivity index (χ3v) is 8.54. The Bertz CT molecular complexity index is 1220. The smallest absolute Gasteiger partial charge is 0.181 e. The van der Waals surface area contributed by atoms with Crippen molar-refractivity contribution >= 4 is 21.5 Å². The number of aromatic nitrogens is 4. The molecule has 4 rings (SSSR count). The van der Waals surface area contributed by atoms with Crippen LogP contribution in [0, 0.1) is 0 Å². The molecule has 2 atom stereocenters. The molecule has 0 N–H and O–H groups in total. The van der Waals surface area contributed by atoms with Gasteiger partial charge in [-0.1, -0.05) is 30.2 Å². The van der Waals surface area contributed by atoms with E-state index < -0.39 is 16.0 Å². The van der Waals surface area contributed by atoms with Crippen molar-refractivity contribution in [2.75, 3.05) is 20.2 Å². The molecule has 34 heavy (non-hydrogen) atoms. The maximum atomic E-state index is 14.9. The second-order valence-electron chi connectivity index (χ2n) is 9.34. The van der Waals surface area contributed by atoms with Crippen molar-refractivity contribution in [1.29, 1.82) is 0 Å². The van der Waals surface area contributed by atoms with Crippen LogP contribution in [0.15, 0.2) is 57.8 Å². The molecule has 8 nitrogen and oxygen atoms in total. The van der Waals surface area contributed by atoms with E-state index in [4.69, 9.17) is 20.7 Å². The van der Waals surface area contributed by atoms with Crippen molar-refractivity contribution < 1.29 is 8.95 Å². The number of tetrazole rings is 1. The zero-order chi connectivity index (χ0) is 24.3. The molecule has 1 fully saturated rings. The van der Waals surface area contributed by atoms with Gasteiger partial charge >= 0.3 is 0 Å². The second kappa shape index (κ2) is 10.0. The van der Waals surface area contributed by atoms with E-state index in [1.807, 2.05) is 61.5 Å². The van der Waals surface area contributed by atoms with Crippen LogP contribution in [0.5, 0.6) is 5.75 Å². The molecule has 0 aliphatic carbocycles. The first kappa shape index (κ1) is 24.6. The molecule has 1 aliphatic heterocycles. The van der Waals surface area contributed by atoms with Crippen LogP contribution >= 0.6 is 11.6 Å². The molecule has 0 bridgehead atoms. The number of nitrogens with zero attached hydrogens (tertiary/aromatic N) is 6. The SMILES string of the molecule is COc1ccc(S(=O)(=NC(c2ccc(Cl)cc2)c2nnnn2C(C)(C)C)N2CCCCC2)cc1. The quantitative estimate of drug-likeness (QED) is 0.467. The number of piperidine rings is 1. The average molecular weight is 503 g/mol. The first-order valence-electron chi connectivity index (χ1n) is 11.4. The molecule has 0 amide bonds. The molecule has 1 saturated heterocycles. The lowest BCUT2D eigenvalue weighted by Gasteiger charge is -2.31. The topological polar surface area (TPSA) is 85.5 Å². The zero-order valence-electron chi connectivity index (χ0n) is 20.0. The minimum atomic E-state index is -2.98. The number of benzene rings is 2. The van der Waals surface area contributed by atoms with E-state index in [1.165, 1.54) is 0 Å². The predicted octanol–water partition coefficient (Wildman–Crippen LogP) is 5.11. The Labute approximate surface area is 206 Å². The van der Waals surface area contributed by atoms with E-state index in [1.54, 1.807) is 23.9 Å². The van der Waals surface area contributed by atoms with Crippen LogP contribution < -0.4 is 4.74 Å². The average Bonchev–Trinajstić information content (AvgIpc) is 3.34. The van der Waals surface area contributed by atoms with Crippen LogP contribution in [0.2, 0.25) is 5.02 Å². The van der Waals surface area contributed by atoms with Gasteiger partial charge < -0.3 is 4.74 Å². The summed E-state index contributed by atoms with van der Waals surface area (Å²) in [5, 5.41) is 13.1. The standard InChI is InChI=1S/C24H31ClN6O2S/c1-24(2,3)31-23(26-28-29-31)22(18-8-10-19(25)11-9-18)27-34(32,30-16-6-5-7-17-30)21-14-12-20(33-4)13-15-21/h8-15,22H,5-7,16-17H2,1-4H3. The van der Waals surface area contributed by atoms with E-state index in [0.717, 1.165) is 24.8 Å². The molecule has 0 spiro atoms. The van der Waals surface area contributed by atoms with E-state index in [0.29, 0.717) is 34.6 Å². The van der Waals surface area contributed by atoms with Crippen LogP contribution in [0.4, 0.5) is 0 Å². The summed E-state index contributed by atoms with van der Waals surface area (Å²) in [6.07, 6.45) is 3.08. The fourth-order valence-electron chi connectivity index (χ4n) is 4.03. The van der Waals surface area contributed by atoms with Gasteiger partial charge in [0.05, 0.1) is 17.5 Å². The van der Waals surface area contributed by atoms with Crippen LogP contribution in [-0.4, -0.2) is 48.9 Å². The normalized spacial score (nSPS) is 17.7. The molecule has 10 heteroatoms. The van der Waals surface area contributed by atoms with Crippen molar-refractivity contribution in [1.82, 2.24) is 24.5 Å². The highest BCUT2D eigenvalue weighted by molar-refractivity contribution is 7.91. The molecule has 2 aromatic carbocycles. The van der Waals surface area contributed by atoms with E-state index >= 15 is 0 Å². The van der Waals surface area contributed by atoms with Crippen molar-refractivity contribution in [3.05, 3.63) is 64.9 Å². The summed E-state index contributed by atoms with van der Waals surface area (Å²) < 4.78 is 29.0. The molecule has 1 aromatic heterocycles. The van der Waals surface area contributed by atoms with Crippen molar-refractivity contribution in [3.63, 3.8) is 0 Å². The molecular formula is C24H31ClN6O2S. The Kier molecular flexibility index (Phi) is 7.25. The number of ether oxygens (including phenoxy) is 1. The van der Waals surface area contributed by atoms with E-state index in [-0.39, 0.29) is 5.54 Å². The second-order valence-corrected chi connectivity index (χ2v) is 12.0. The van der Waals surface area contributed by atoms with Crippen molar-refractivity contribution in [3.8, 4) is 5.75 Å². The van der Waals surface area contributed by atoms with Gasteiger partial charge in [-0.05, 0) is 86.0 Å². The van der Waals surface area contributed by atoms with Gasteiger partial charge in [0, 0.05) is 18.1 Å². The van der Waals surface area contributed by atoms with Gasteiger partial charge in [0.15, 0.2) is 5.82 Å². The van der Waals surface area contributed by atoms with Crippen molar-refractivity contribution in [2.45, 2.75) is 56.5 Å². The molecular weight excluding hydrogens is 472 g/mol. The van der Waals surface area contributed by atoms with Gasteiger partial charge in [-0.3, -0.25) is 0 Å². The maximum absolute atomic E-state index is 14.9. The molecule has 3 aromatic rings. The van der Waals surface area contributed by atoms with Gasteiger partial charge in [0.25, 0.3) is 0 Å². The summed E-state index contributed by atoms with van der Waals surface area (Å²) in [4.78, 5) is 0.643. The summed E-state index contributed by atoms with van der Waals surface area (Å²) in [5.74, 6) is 1.24. The highest BCUT2D eigenvalue weighted by Crippen LogP contribution is 2.33. The fraction of sp³-hybridized carbons (Fsp3) is 0.458. The van der Waals surface area contributed by atoms with E-state index in [2.05, 4.69) is 15.5 Å². The Balaban J connectivity index is 1.95. The first-order valence-corrected chi connectivity index (χ1v) is 13.3. The lowest BCUT2D eigenvalue weighted by molar-refractivity contribution is 0.330. The van der Waals surface area contributed by atoms with E-state index in [9.17, 15) is 4.21 Å². The van der Waals surface area contributed by atoms with Gasteiger partial charge in [-0.2, -0.15) is 0 Å². The van der Waals surface area contributed by atoms with Crippen molar-refractivity contribution in [2.24, 2.45) is 4.36 Å². The lowest BCUT2D eigenvalue weighted by Crippen LogP contribution is -2.36. The summed E-state index contributed by atoms with van der Waals surface area (Å²) in [5.41, 5.74) is 0.438. The highest BCUT2D eigenvalue weighted by Gasteiger charge is 2.32. The van der Waals surface area contributed by atoms with Crippen LogP contribution in [0.1, 0.15) is 57.5 Å². The number of rotatable bonds is 6. The first-order chi connectivity index (χ1) is 16.2.